The summed E-state index contributed by atoms with van der Waals surface area (Å²) in [5.41, 5.74) is 6.54. The van der Waals surface area contributed by atoms with E-state index >= 15 is 0 Å². The highest BCUT2D eigenvalue weighted by atomic mass is 16.5. The molecule has 8 nitrogen and oxygen atoms in total. The molecule has 0 aliphatic heterocycles. The molecule has 138 valence electrons. The van der Waals surface area contributed by atoms with Crippen LogP contribution in [0.25, 0.3) is 11.0 Å². The van der Waals surface area contributed by atoms with E-state index in [9.17, 15) is 14.4 Å². The number of fused-ring (bicyclic) bond motifs is 1. The third-order valence-electron chi connectivity index (χ3n) is 3.88. The molecule has 0 aliphatic rings. The number of ether oxygens (including phenoxy) is 1. The number of nitrogens with one attached hydrogen (secondary N) is 2. The van der Waals surface area contributed by atoms with Crippen LogP contribution in [0.3, 0.4) is 0 Å². The predicted molar refractivity (Wildman–Crippen MR) is 98.2 cm³/mol. The quantitative estimate of drug-likeness (QED) is 0.593. The largest absolute Gasteiger partial charge is 0.497 e. The average Bonchev–Trinajstić information content (AvgIpc) is 3.05. The highest BCUT2D eigenvalue weighted by molar-refractivity contribution is 6.40. The summed E-state index contributed by atoms with van der Waals surface area (Å²) in [7, 11) is 1.56. The van der Waals surface area contributed by atoms with Crippen LogP contribution in [0.5, 0.6) is 5.75 Å². The summed E-state index contributed by atoms with van der Waals surface area (Å²) in [5.74, 6) is -2.16. The van der Waals surface area contributed by atoms with E-state index in [4.69, 9.17) is 14.9 Å². The fourth-order valence-corrected chi connectivity index (χ4v) is 2.52. The van der Waals surface area contributed by atoms with E-state index in [0.29, 0.717) is 16.7 Å². The maximum Gasteiger partial charge on any atom is 0.313 e. The summed E-state index contributed by atoms with van der Waals surface area (Å²) in [5, 5.41) is 5.39. The van der Waals surface area contributed by atoms with Crippen molar-refractivity contribution < 1.29 is 23.5 Å². The second kappa shape index (κ2) is 7.61. The van der Waals surface area contributed by atoms with Crippen LogP contribution in [0.1, 0.15) is 16.1 Å². The predicted octanol–water partition coefficient (Wildman–Crippen LogP) is 1.80. The number of nitrogens with two attached hydrogens (primary N) is 1. The van der Waals surface area contributed by atoms with Gasteiger partial charge >= 0.3 is 11.8 Å². The molecule has 1 heterocycles. The minimum atomic E-state index is -0.933. The van der Waals surface area contributed by atoms with Crippen molar-refractivity contribution in [2.75, 3.05) is 12.4 Å². The molecule has 0 atom stereocenters. The summed E-state index contributed by atoms with van der Waals surface area (Å²) in [6.07, 6.45) is 0. The number of furan rings is 1. The number of hydrogen-bond donors (Lipinski definition) is 3. The number of amides is 3. The highest BCUT2D eigenvalue weighted by Crippen LogP contribution is 2.30. The van der Waals surface area contributed by atoms with E-state index in [1.54, 1.807) is 55.6 Å². The molecule has 1 aromatic heterocycles. The van der Waals surface area contributed by atoms with Crippen molar-refractivity contribution in [3.05, 3.63) is 59.9 Å². The normalized spacial score (nSPS) is 10.4. The molecule has 0 aliphatic carbocycles. The van der Waals surface area contributed by atoms with Crippen molar-refractivity contribution in [1.82, 2.24) is 5.32 Å². The second-order valence-electron chi connectivity index (χ2n) is 5.65. The molecular weight excluding hydrogens is 350 g/mol. The number of hydrogen-bond acceptors (Lipinski definition) is 5. The summed E-state index contributed by atoms with van der Waals surface area (Å²) in [4.78, 5) is 35.9. The Labute approximate surface area is 154 Å². The van der Waals surface area contributed by atoms with E-state index in [0.717, 1.165) is 5.56 Å². The molecule has 0 bridgehead atoms. The first-order chi connectivity index (χ1) is 13.0. The van der Waals surface area contributed by atoms with Crippen LogP contribution < -0.4 is 21.1 Å². The lowest BCUT2D eigenvalue weighted by Crippen LogP contribution is -2.35. The number of benzene rings is 2. The SMILES string of the molecule is COc1ccc(CNC(=O)C(=O)Nc2c(C(N)=O)oc3ccccc23)cc1. The van der Waals surface area contributed by atoms with Gasteiger partial charge in [-0.1, -0.05) is 24.3 Å². The van der Waals surface area contributed by atoms with Crippen LogP contribution in [-0.4, -0.2) is 24.8 Å². The van der Waals surface area contributed by atoms with Gasteiger partial charge in [0.15, 0.2) is 0 Å². The lowest BCUT2D eigenvalue weighted by molar-refractivity contribution is -0.136. The van der Waals surface area contributed by atoms with E-state index in [1.165, 1.54) is 0 Å². The Hall–Kier alpha value is -3.81. The van der Waals surface area contributed by atoms with Gasteiger partial charge in [-0.25, -0.2) is 0 Å². The van der Waals surface area contributed by atoms with E-state index < -0.39 is 17.7 Å². The minimum absolute atomic E-state index is 0.0719. The summed E-state index contributed by atoms with van der Waals surface area (Å²) < 4.78 is 10.4. The Bertz CT molecular complexity index is 1010. The number of anilines is 1. The Morgan fingerprint density at radius 1 is 1.04 bits per heavy atom. The molecule has 2 aromatic carbocycles. The number of rotatable bonds is 5. The van der Waals surface area contributed by atoms with Crippen LogP contribution in [-0.2, 0) is 16.1 Å². The molecule has 3 amide bonds. The number of para-hydroxylation sites is 1. The molecule has 3 aromatic rings. The standard InChI is InChI=1S/C19H17N3O5/c1-26-12-8-6-11(7-9-12)10-21-18(24)19(25)22-15-13-4-2-3-5-14(13)27-16(15)17(20)23/h2-9H,10H2,1H3,(H2,20,23)(H,21,24)(H,22,25). The fourth-order valence-electron chi connectivity index (χ4n) is 2.52. The topological polar surface area (TPSA) is 124 Å². The Balaban J connectivity index is 1.71. The van der Waals surface area contributed by atoms with Crippen LogP contribution in [0.2, 0.25) is 0 Å². The summed E-state index contributed by atoms with van der Waals surface area (Å²) in [6, 6.07) is 13.7. The Morgan fingerprint density at radius 3 is 2.41 bits per heavy atom. The number of primary amides is 1. The van der Waals surface area contributed by atoms with Gasteiger partial charge in [-0.15, -0.1) is 0 Å². The van der Waals surface area contributed by atoms with E-state index in [1.807, 2.05) is 0 Å². The van der Waals surface area contributed by atoms with Crippen molar-refractivity contribution in [2.45, 2.75) is 6.54 Å². The molecule has 27 heavy (non-hydrogen) atoms. The van der Waals surface area contributed by atoms with Gasteiger partial charge in [0.05, 0.1) is 7.11 Å². The van der Waals surface area contributed by atoms with Gasteiger partial charge < -0.3 is 25.5 Å². The first kappa shape index (κ1) is 18.0. The fraction of sp³-hybridized carbons (Fsp3) is 0.105. The van der Waals surface area contributed by atoms with Gasteiger partial charge in [0, 0.05) is 11.9 Å². The van der Waals surface area contributed by atoms with E-state index in [2.05, 4.69) is 10.6 Å². The van der Waals surface area contributed by atoms with Gasteiger partial charge in [-0.05, 0) is 29.8 Å². The third kappa shape index (κ3) is 3.90. The molecule has 3 rings (SSSR count). The zero-order valence-corrected chi connectivity index (χ0v) is 14.4. The van der Waals surface area contributed by atoms with Gasteiger partial charge in [0.2, 0.25) is 5.76 Å². The van der Waals surface area contributed by atoms with Gasteiger partial charge in [0.1, 0.15) is 17.0 Å². The number of methoxy groups -OCH3 is 1. The molecule has 0 spiro atoms. The van der Waals surface area contributed by atoms with Crippen molar-refractivity contribution in [2.24, 2.45) is 5.73 Å². The molecule has 0 saturated heterocycles. The van der Waals surface area contributed by atoms with Gasteiger partial charge in [-0.2, -0.15) is 0 Å². The van der Waals surface area contributed by atoms with Crippen molar-refractivity contribution in [3.8, 4) is 5.75 Å². The van der Waals surface area contributed by atoms with Crippen LogP contribution >= 0.6 is 0 Å². The molecule has 0 fully saturated rings. The highest BCUT2D eigenvalue weighted by Gasteiger charge is 2.23. The van der Waals surface area contributed by atoms with E-state index in [-0.39, 0.29) is 18.0 Å². The van der Waals surface area contributed by atoms with Crippen LogP contribution in [0.4, 0.5) is 5.69 Å². The minimum Gasteiger partial charge on any atom is -0.497 e. The smallest absolute Gasteiger partial charge is 0.313 e. The van der Waals surface area contributed by atoms with Crippen LogP contribution in [0, 0.1) is 0 Å². The average molecular weight is 367 g/mol. The zero-order valence-electron chi connectivity index (χ0n) is 14.4. The van der Waals surface area contributed by atoms with Gasteiger partial charge in [-0.3, -0.25) is 14.4 Å². The number of carbonyl (C=O) groups is 3. The monoisotopic (exact) mass is 367 g/mol. The summed E-state index contributed by atoms with van der Waals surface area (Å²) in [6.45, 7) is 0.158. The molecular formula is C19H17N3O5. The molecule has 0 unspecified atom stereocenters. The molecule has 4 N–H and O–H groups in total. The third-order valence-corrected chi connectivity index (χ3v) is 3.88. The van der Waals surface area contributed by atoms with Crippen LogP contribution in [0.15, 0.2) is 52.9 Å². The maximum atomic E-state index is 12.2. The van der Waals surface area contributed by atoms with Crippen molar-refractivity contribution >= 4 is 34.4 Å². The first-order valence-corrected chi connectivity index (χ1v) is 8.03. The Kier molecular flexibility index (Phi) is 5.07. The lowest BCUT2D eigenvalue weighted by atomic mass is 10.2. The molecule has 8 heteroatoms. The summed E-state index contributed by atoms with van der Waals surface area (Å²) >= 11 is 0. The second-order valence-corrected chi connectivity index (χ2v) is 5.65. The first-order valence-electron chi connectivity index (χ1n) is 8.03. The molecule has 0 radical (unpaired) electrons. The van der Waals surface area contributed by atoms with Crippen molar-refractivity contribution in [3.63, 3.8) is 0 Å². The van der Waals surface area contributed by atoms with Gasteiger partial charge in [0.25, 0.3) is 5.91 Å². The number of carbonyl (C=O) groups excluding carboxylic acids is 3. The zero-order chi connectivity index (χ0) is 19.4. The maximum absolute atomic E-state index is 12.2. The van der Waals surface area contributed by atoms with Crippen molar-refractivity contribution in [1.29, 1.82) is 0 Å². The Morgan fingerprint density at radius 2 is 1.74 bits per heavy atom. The lowest BCUT2D eigenvalue weighted by Gasteiger charge is -2.07. The molecule has 0 saturated carbocycles.